The van der Waals surface area contributed by atoms with Crippen LogP contribution in [0.4, 0.5) is 16.2 Å². The summed E-state index contributed by atoms with van der Waals surface area (Å²) in [4.78, 5) is 33.0. The quantitative estimate of drug-likeness (QED) is 0.495. The van der Waals surface area contributed by atoms with Crippen LogP contribution in [0.25, 0.3) is 10.1 Å². The standard InChI is InChI=1S/C13H10N2O6S/c1-2-5-21-13(18)14-10-8-6-7(15(19)20)3-4-9(8)22-11(10)12(16)17/h2-4,6H,1,5H2,(H,14,18)(H,16,17). The minimum absolute atomic E-state index is 0.0229. The Bertz CT molecular complexity index is 782. The van der Waals surface area contributed by atoms with Gasteiger partial charge in [-0.2, -0.15) is 0 Å². The minimum Gasteiger partial charge on any atom is -0.477 e. The highest BCUT2D eigenvalue weighted by atomic mass is 32.1. The molecule has 0 aliphatic heterocycles. The van der Waals surface area contributed by atoms with Crippen molar-refractivity contribution in [3.8, 4) is 0 Å². The zero-order valence-electron chi connectivity index (χ0n) is 11.1. The fourth-order valence-corrected chi connectivity index (χ4v) is 2.72. The van der Waals surface area contributed by atoms with E-state index in [4.69, 9.17) is 4.74 Å². The van der Waals surface area contributed by atoms with E-state index >= 15 is 0 Å². The van der Waals surface area contributed by atoms with Crippen LogP contribution in [0.15, 0.2) is 30.9 Å². The number of aromatic carboxylic acids is 1. The average Bonchev–Trinajstić information content (AvgIpc) is 2.83. The van der Waals surface area contributed by atoms with Crippen molar-refractivity contribution in [3.05, 3.63) is 45.8 Å². The largest absolute Gasteiger partial charge is 0.477 e. The van der Waals surface area contributed by atoms with E-state index < -0.39 is 17.0 Å². The van der Waals surface area contributed by atoms with Crippen molar-refractivity contribution in [3.63, 3.8) is 0 Å². The van der Waals surface area contributed by atoms with Crippen LogP contribution >= 0.6 is 11.3 Å². The monoisotopic (exact) mass is 322 g/mol. The topological polar surface area (TPSA) is 119 Å². The number of amides is 1. The molecule has 0 unspecified atom stereocenters. The van der Waals surface area contributed by atoms with Crippen LogP contribution < -0.4 is 5.32 Å². The Hall–Kier alpha value is -2.94. The molecule has 0 spiro atoms. The summed E-state index contributed by atoms with van der Waals surface area (Å²) in [6.07, 6.45) is 0.488. The Labute approximate surface area is 127 Å². The van der Waals surface area contributed by atoms with Gasteiger partial charge in [0.1, 0.15) is 11.5 Å². The van der Waals surface area contributed by atoms with Gasteiger partial charge in [-0.05, 0) is 6.07 Å². The molecule has 0 saturated heterocycles. The molecular weight excluding hydrogens is 312 g/mol. The molecule has 1 amide bonds. The first-order valence-electron chi connectivity index (χ1n) is 5.93. The number of rotatable bonds is 5. The van der Waals surface area contributed by atoms with E-state index in [1.807, 2.05) is 0 Å². The molecule has 2 N–H and O–H groups in total. The summed E-state index contributed by atoms with van der Waals surface area (Å²) in [7, 11) is 0. The normalized spacial score (nSPS) is 10.2. The average molecular weight is 322 g/mol. The number of carboxylic acids is 1. The van der Waals surface area contributed by atoms with E-state index in [0.29, 0.717) is 4.70 Å². The number of nitrogens with zero attached hydrogens (tertiary/aromatic N) is 1. The second-order valence-electron chi connectivity index (χ2n) is 4.06. The summed E-state index contributed by atoms with van der Waals surface area (Å²) >= 11 is 0.906. The van der Waals surface area contributed by atoms with Gasteiger partial charge in [-0.3, -0.25) is 15.4 Å². The molecule has 0 bridgehead atoms. The Balaban J connectivity index is 2.51. The highest BCUT2D eigenvalue weighted by molar-refractivity contribution is 7.21. The first kappa shape index (κ1) is 15.4. The molecule has 0 radical (unpaired) electrons. The predicted octanol–water partition coefficient (Wildman–Crippen LogP) is 3.24. The SMILES string of the molecule is C=CCOC(=O)Nc1c(C(=O)O)sc2ccc([N+](=O)[O-])cc12. The second-order valence-corrected chi connectivity index (χ2v) is 5.11. The van der Waals surface area contributed by atoms with Gasteiger partial charge in [0.15, 0.2) is 0 Å². The molecule has 1 aromatic heterocycles. The van der Waals surface area contributed by atoms with Crippen molar-refractivity contribution in [1.82, 2.24) is 0 Å². The van der Waals surface area contributed by atoms with E-state index in [-0.39, 0.29) is 28.2 Å². The number of hydrogen-bond acceptors (Lipinski definition) is 6. The van der Waals surface area contributed by atoms with Crippen LogP contribution in [0.1, 0.15) is 9.67 Å². The number of hydrogen-bond donors (Lipinski definition) is 2. The van der Waals surface area contributed by atoms with Crippen molar-refractivity contribution in [2.24, 2.45) is 0 Å². The van der Waals surface area contributed by atoms with Gasteiger partial charge in [0.25, 0.3) is 5.69 Å². The lowest BCUT2D eigenvalue weighted by Crippen LogP contribution is -2.15. The molecule has 0 atom stereocenters. The molecule has 22 heavy (non-hydrogen) atoms. The van der Waals surface area contributed by atoms with Crippen LogP contribution in [-0.2, 0) is 4.74 Å². The fraction of sp³-hybridized carbons (Fsp3) is 0.0769. The molecule has 1 heterocycles. The lowest BCUT2D eigenvalue weighted by Gasteiger charge is -2.05. The van der Waals surface area contributed by atoms with Crippen LogP contribution in [0.3, 0.4) is 0 Å². The summed E-state index contributed by atoms with van der Waals surface area (Å²) in [5.74, 6) is -1.25. The Morgan fingerprint density at radius 3 is 2.82 bits per heavy atom. The van der Waals surface area contributed by atoms with Gasteiger partial charge in [0.2, 0.25) is 0 Å². The van der Waals surface area contributed by atoms with Gasteiger partial charge in [-0.25, -0.2) is 9.59 Å². The van der Waals surface area contributed by atoms with Crippen molar-refractivity contribution in [2.45, 2.75) is 0 Å². The number of non-ortho nitro benzene ring substituents is 1. The smallest absolute Gasteiger partial charge is 0.412 e. The first-order valence-corrected chi connectivity index (χ1v) is 6.74. The Morgan fingerprint density at radius 1 is 1.50 bits per heavy atom. The van der Waals surface area contributed by atoms with E-state index in [0.717, 1.165) is 11.3 Å². The molecule has 2 rings (SSSR count). The molecule has 8 nitrogen and oxygen atoms in total. The van der Waals surface area contributed by atoms with Crippen molar-refractivity contribution >= 4 is 44.9 Å². The molecular formula is C13H10N2O6S. The Morgan fingerprint density at radius 2 is 2.23 bits per heavy atom. The zero-order valence-corrected chi connectivity index (χ0v) is 11.9. The van der Waals surface area contributed by atoms with Crippen molar-refractivity contribution in [2.75, 3.05) is 11.9 Å². The molecule has 0 aliphatic carbocycles. The number of carbonyl (C=O) groups excluding carboxylic acids is 1. The summed E-state index contributed by atoms with van der Waals surface area (Å²) < 4.78 is 5.24. The molecule has 0 aliphatic rings. The number of nitro groups is 1. The van der Waals surface area contributed by atoms with Gasteiger partial charge >= 0.3 is 12.1 Å². The lowest BCUT2D eigenvalue weighted by molar-refractivity contribution is -0.384. The third-order valence-electron chi connectivity index (χ3n) is 2.64. The molecule has 0 saturated carbocycles. The number of nitro benzene ring substituents is 1. The van der Waals surface area contributed by atoms with Crippen molar-refractivity contribution < 1.29 is 24.4 Å². The number of nitrogens with one attached hydrogen (secondary N) is 1. The van der Waals surface area contributed by atoms with E-state index in [1.54, 1.807) is 0 Å². The molecule has 1 aromatic carbocycles. The van der Waals surface area contributed by atoms with E-state index in [2.05, 4.69) is 11.9 Å². The highest BCUT2D eigenvalue weighted by Crippen LogP contribution is 2.37. The number of benzene rings is 1. The molecule has 2 aromatic rings. The summed E-state index contributed by atoms with van der Waals surface area (Å²) in [6.45, 7) is 3.34. The number of carboxylic acid groups (broad SMARTS) is 1. The summed E-state index contributed by atoms with van der Waals surface area (Å²) in [5, 5.41) is 22.6. The van der Waals surface area contributed by atoms with Crippen molar-refractivity contribution in [1.29, 1.82) is 0 Å². The Kier molecular flexibility index (Phi) is 4.37. The first-order chi connectivity index (χ1) is 10.4. The third kappa shape index (κ3) is 3.04. The number of anilines is 1. The maximum Gasteiger partial charge on any atom is 0.412 e. The van der Waals surface area contributed by atoms with Gasteiger partial charge in [0.05, 0.1) is 10.6 Å². The lowest BCUT2D eigenvalue weighted by atomic mass is 10.2. The molecule has 0 fully saturated rings. The van der Waals surface area contributed by atoms with Crippen LogP contribution in [0.2, 0.25) is 0 Å². The number of fused-ring (bicyclic) bond motifs is 1. The van der Waals surface area contributed by atoms with Crippen LogP contribution in [0.5, 0.6) is 0 Å². The third-order valence-corrected chi connectivity index (χ3v) is 3.79. The van der Waals surface area contributed by atoms with Gasteiger partial charge in [-0.15, -0.1) is 11.3 Å². The highest BCUT2D eigenvalue weighted by Gasteiger charge is 2.22. The zero-order chi connectivity index (χ0) is 16.3. The minimum atomic E-state index is -1.25. The fourth-order valence-electron chi connectivity index (χ4n) is 1.75. The van der Waals surface area contributed by atoms with E-state index in [1.165, 1.54) is 24.3 Å². The van der Waals surface area contributed by atoms with E-state index in [9.17, 15) is 24.8 Å². The van der Waals surface area contributed by atoms with Gasteiger partial charge in [0, 0.05) is 22.2 Å². The van der Waals surface area contributed by atoms with Gasteiger partial charge < -0.3 is 9.84 Å². The van der Waals surface area contributed by atoms with Crippen LogP contribution in [0, 0.1) is 10.1 Å². The number of thiophene rings is 1. The van der Waals surface area contributed by atoms with Crippen LogP contribution in [-0.4, -0.2) is 28.7 Å². The maximum absolute atomic E-state index is 11.6. The predicted molar refractivity (Wildman–Crippen MR) is 80.6 cm³/mol. The van der Waals surface area contributed by atoms with Gasteiger partial charge in [-0.1, -0.05) is 12.7 Å². The molecule has 9 heteroatoms. The summed E-state index contributed by atoms with van der Waals surface area (Å²) in [6, 6.07) is 3.91. The number of ether oxygens (including phenoxy) is 1. The summed E-state index contributed by atoms with van der Waals surface area (Å²) in [5.41, 5.74) is -0.227. The maximum atomic E-state index is 11.6. The second kappa shape index (κ2) is 6.22. The molecule has 114 valence electrons. The number of carbonyl (C=O) groups is 2.